The maximum Gasteiger partial charge on any atom is 0.236 e. The molecule has 29 heavy (non-hydrogen) atoms. The van der Waals surface area contributed by atoms with Crippen molar-refractivity contribution in [2.24, 2.45) is 0 Å². The van der Waals surface area contributed by atoms with Crippen LogP contribution in [0, 0.1) is 12.3 Å². The minimum atomic E-state index is -0.162. The van der Waals surface area contributed by atoms with E-state index in [0.717, 1.165) is 21.1 Å². The van der Waals surface area contributed by atoms with Crippen molar-refractivity contribution in [1.82, 2.24) is 9.97 Å². The van der Waals surface area contributed by atoms with E-state index >= 15 is 0 Å². The van der Waals surface area contributed by atoms with E-state index in [0.29, 0.717) is 27.2 Å². The maximum atomic E-state index is 12.4. The monoisotopic (exact) mass is 419 g/mol. The summed E-state index contributed by atoms with van der Waals surface area (Å²) in [5, 5.41) is 4.91. The molecule has 6 nitrogen and oxygen atoms in total. The summed E-state index contributed by atoms with van der Waals surface area (Å²) in [6, 6.07) is 13.3. The fourth-order valence-electron chi connectivity index (χ4n) is 2.97. The number of pyridine rings is 1. The summed E-state index contributed by atoms with van der Waals surface area (Å²) < 4.78 is 11.8. The highest BCUT2D eigenvalue weighted by molar-refractivity contribution is 8.00. The summed E-state index contributed by atoms with van der Waals surface area (Å²) in [6.07, 6.45) is 5.66. The van der Waals surface area contributed by atoms with E-state index < -0.39 is 0 Å². The minimum Gasteiger partial charge on any atom is -0.454 e. The van der Waals surface area contributed by atoms with Gasteiger partial charge in [-0.3, -0.25) is 4.79 Å². The quantitative estimate of drug-likeness (QED) is 0.393. The summed E-state index contributed by atoms with van der Waals surface area (Å²) in [7, 11) is 0. The topological polar surface area (TPSA) is 73.3 Å². The second-order valence-corrected chi connectivity index (χ2v) is 8.20. The standard InChI is InChI=1S/C21H13N3O3S2/c1-2-12-7-13-8-16-17(27-11-26-16)9-15(13)22-20(12)28-10-19(25)24-21-23-14-5-3-4-6-18(14)29-21/h1,3-9H,10-11H2,(H,23,24,25). The maximum absolute atomic E-state index is 12.4. The van der Waals surface area contributed by atoms with E-state index in [1.165, 1.54) is 23.1 Å². The number of nitrogens with zero attached hydrogens (tertiary/aromatic N) is 2. The molecule has 0 bridgehead atoms. The molecule has 2 aromatic heterocycles. The van der Waals surface area contributed by atoms with Crippen molar-refractivity contribution in [3.63, 3.8) is 0 Å². The number of nitrogens with one attached hydrogen (secondary N) is 1. The highest BCUT2D eigenvalue weighted by Crippen LogP contribution is 2.37. The van der Waals surface area contributed by atoms with Gasteiger partial charge in [-0.05, 0) is 24.3 Å². The zero-order chi connectivity index (χ0) is 19.8. The minimum absolute atomic E-state index is 0.162. The Kier molecular flexibility index (Phi) is 4.46. The number of terminal acetylenes is 1. The number of fused-ring (bicyclic) bond motifs is 3. The van der Waals surface area contributed by atoms with E-state index in [9.17, 15) is 4.79 Å². The Morgan fingerprint density at radius 1 is 1.17 bits per heavy atom. The van der Waals surface area contributed by atoms with Crippen LogP contribution in [-0.2, 0) is 4.79 Å². The zero-order valence-corrected chi connectivity index (χ0v) is 16.6. The third kappa shape index (κ3) is 3.46. The fraction of sp³-hybridized carbons (Fsp3) is 0.0952. The number of carbonyl (C=O) groups is 1. The number of anilines is 1. The van der Waals surface area contributed by atoms with Crippen LogP contribution in [0.3, 0.4) is 0 Å². The van der Waals surface area contributed by atoms with Gasteiger partial charge in [0.25, 0.3) is 0 Å². The Morgan fingerprint density at radius 2 is 2.00 bits per heavy atom. The molecule has 2 aromatic carbocycles. The first-order valence-corrected chi connectivity index (χ1v) is 10.5. The number of hydrogen-bond donors (Lipinski definition) is 1. The highest BCUT2D eigenvalue weighted by atomic mass is 32.2. The van der Waals surface area contributed by atoms with Gasteiger partial charge in [-0.25, -0.2) is 9.97 Å². The van der Waals surface area contributed by atoms with Crippen molar-refractivity contribution in [2.45, 2.75) is 5.03 Å². The van der Waals surface area contributed by atoms with Crippen molar-refractivity contribution in [1.29, 1.82) is 0 Å². The predicted octanol–water partition coefficient (Wildman–Crippen LogP) is 4.29. The van der Waals surface area contributed by atoms with Gasteiger partial charge in [0, 0.05) is 11.5 Å². The van der Waals surface area contributed by atoms with Crippen LogP contribution in [0.5, 0.6) is 11.5 Å². The van der Waals surface area contributed by atoms with Gasteiger partial charge in [0.1, 0.15) is 5.03 Å². The number of thiazole rings is 1. The number of benzene rings is 2. The van der Waals surface area contributed by atoms with E-state index in [-0.39, 0.29) is 18.5 Å². The Hall–Kier alpha value is -3.28. The van der Waals surface area contributed by atoms with Crippen LogP contribution in [0.4, 0.5) is 5.13 Å². The summed E-state index contributed by atoms with van der Waals surface area (Å²) in [5.41, 5.74) is 2.24. The van der Waals surface area contributed by atoms with E-state index in [1.807, 2.05) is 42.5 Å². The third-order valence-corrected chi connectivity index (χ3v) is 6.25. The first kappa shape index (κ1) is 17.8. The van der Waals surface area contributed by atoms with Crippen molar-refractivity contribution in [3.05, 3.63) is 48.0 Å². The molecule has 0 aliphatic carbocycles. The lowest BCUT2D eigenvalue weighted by molar-refractivity contribution is -0.113. The molecule has 5 rings (SSSR count). The molecule has 3 heterocycles. The Balaban J connectivity index is 1.34. The highest BCUT2D eigenvalue weighted by Gasteiger charge is 2.17. The van der Waals surface area contributed by atoms with Gasteiger partial charge < -0.3 is 14.8 Å². The van der Waals surface area contributed by atoms with Crippen LogP contribution >= 0.6 is 23.1 Å². The van der Waals surface area contributed by atoms with Crippen LogP contribution in [-0.4, -0.2) is 28.4 Å². The number of para-hydroxylation sites is 1. The molecular formula is C21H13N3O3S2. The molecule has 4 aromatic rings. The Morgan fingerprint density at radius 3 is 2.83 bits per heavy atom. The van der Waals surface area contributed by atoms with E-state index in [1.54, 1.807) is 0 Å². The number of aromatic nitrogens is 2. The second kappa shape index (κ2) is 7.28. The summed E-state index contributed by atoms with van der Waals surface area (Å²) in [6.45, 7) is 0.196. The lowest BCUT2D eigenvalue weighted by atomic mass is 10.1. The average molecular weight is 419 g/mol. The number of rotatable bonds is 4. The lowest BCUT2D eigenvalue weighted by Gasteiger charge is -2.07. The van der Waals surface area contributed by atoms with Gasteiger partial charge in [0.2, 0.25) is 12.7 Å². The fourth-order valence-corrected chi connectivity index (χ4v) is 4.63. The molecule has 0 spiro atoms. The molecule has 1 amide bonds. The predicted molar refractivity (Wildman–Crippen MR) is 115 cm³/mol. The van der Waals surface area contributed by atoms with Gasteiger partial charge >= 0.3 is 0 Å². The third-order valence-electron chi connectivity index (χ3n) is 4.31. The number of ether oxygens (including phenoxy) is 2. The molecule has 0 saturated carbocycles. The first-order chi connectivity index (χ1) is 14.2. The second-order valence-electron chi connectivity index (χ2n) is 6.21. The van der Waals surface area contributed by atoms with Gasteiger partial charge in [-0.2, -0.15) is 0 Å². The zero-order valence-electron chi connectivity index (χ0n) is 15.0. The molecule has 8 heteroatoms. The van der Waals surface area contributed by atoms with Crippen LogP contribution < -0.4 is 14.8 Å². The van der Waals surface area contributed by atoms with Gasteiger partial charge in [-0.1, -0.05) is 41.2 Å². The Bertz CT molecular complexity index is 1280. The average Bonchev–Trinajstić information content (AvgIpc) is 3.35. The summed E-state index contributed by atoms with van der Waals surface area (Å²) in [5.74, 6) is 4.00. The van der Waals surface area contributed by atoms with Gasteiger partial charge in [-0.15, -0.1) is 6.42 Å². The summed E-state index contributed by atoms with van der Waals surface area (Å²) >= 11 is 2.74. The van der Waals surface area contributed by atoms with Gasteiger partial charge in [0.15, 0.2) is 16.6 Å². The molecule has 0 atom stereocenters. The van der Waals surface area contributed by atoms with Crippen molar-refractivity contribution >= 4 is 55.3 Å². The molecule has 1 aliphatic heterocycles. The number of thioether (sulfide) groups is 1. The van der Waals surface area contributed by atoms with E-state index in [4.69, 9.17) is 15.9 Å². The van der Waals surface area contributed by atoms with Crippen LogP contribution in [0.2, 0.25) is 0 Å². The van der Waals surface area contributed by atoms with E-state index in [2.05, 4.69) is 21.2 Å². The number of carbonyl (C=O) groups excluding carboxylic acids is 1. The lowest BCUT2D eigenvalue weighted by Crippen LogP contribution is -2.14. The SMILES string of the molecule is C#Cc1cc2cc3c(cc2nc1SCC(=O)Nc1nc2ccccc2s1)OCO3. The molecule has 0 radical (unpaired) electrons. The molecule has 1 aliphatic rings. The van der Waals surface area contributed by atoms with Crippen LogP contribution in [0.15, 0.2) is 47.5 Å². The number of amides is 1. The Labute approximate surface area is 174 Å². The van der Waals surface area contributed by atoms with Crippen LogP contribution in [0.25, 0.3) is 21.1 Å². The van der Waals surface area contributed by atoms with Crippen molar-refractivity contribution in [3.8, 4) is 23.8 Å². The molecule has 142 valence electrons. The normalized spacial score (nSPS) is 12.2. The smallest absolute Gasteiger partial charge is 0.236 e. The largest absolute Gasteiger partial charge is 0.454 e. The first-order valence-electron chi connectivity index (χ1n) is 8.69. The molecule has 1 N–H and O–H groups in total. The van der Waals surface area contributed by atoms with Crippen LogP contribution in [0.1, 0.15) is 5.56 Å². The summed E-state index contributed by atoms with van der Waals surface area (Å²) in [4.78, 5) is 21.4. The van der Waals surface area contributed by atoms with Crippen molar-refractivity contribution < 1.29 is 14.3 Å². The van der Waals surface area contributed by atoms with Gasteiger partial charge in [0.05, 0.1) is 27.0 Å². The number of hydrogen-bond acceptors (Lipinski definition) is 7. The molecule has 0 fully saturated rings. The van der Waals surface area contributed by atoms with Crippen molar-refractivity contribution in [2.75, 3.05) is 17.9 Å². The molecular weight excluding hydrogens is 406 g/mol. The molecule has 0 saturated heterocycles. The molecule has 0 unspecified atom stereocenters.